The van der Waals surface area contributed by atoms with Gasteiger partial charge in [-0.3, -0.25) is 0 Å². The minimum atomic E-state index is -3.24. The molecule has 1 N–H and O–H groups in total. The molecule has 0 bridgehead atoms. The average molecular weight is 252 g/mol. The van der Waals surface area contributed by atoms with Crippen LogP contribution in [0.2, 0.25) is 0 Å². The van der Waals surface area contributed by atoms with Gasteiger partial charge in [-0.1, -0.05) is 0 Å². The van der Waals surface area contributed by atoms with Gasteiger partial charge in [-0.25, -0.2) is 8.42 Å². The third-order valence-electron chi connectivity index (χ3n) is 2.42. The molecule has 1 unspecified atom stereocenters. The fourth-order valence-corrected chi connectivity index (χ4v) is 3.24. The van der Waals surface area contributed by atoms with Crippen molar-refractivity contribution in [1.29, 1.82) is 0 Å². The Morgan fingerprint density at radius 2 is 1.88 bits per heavy atom. The summed E-state index contributed by atoms with van der Waals surface area (Å²) in [6.45, 7) is 6.75. The molecule has 0 aliphatic carbocycles. The third-order valence-corrected chi connectivity index (χ3v) is 4.86. The second-order valence-corrected chi connectivity index (χ2v) is 6.41. The van der Waals surface area contributed by atoms with Crippen molar-refractivity contribution in [2.75, 3.05) is 33.9 Å². The van der Waals surface area contributed by atoms with Crippen molar-refractivity contribution < 1.29 is 13.2 Å². The standard InChI is InChI=1S/C10H24N2O3S/c1-9(2)12(6-7-15-5)16(13,14)10(3)8-11-4/h9-11H,6-8H2,1-5H3. The lowest BCUT2D eigenvalue weighted by Crippen LogP contribution is -2.46. The Bertz CT molecular complexity index is 278. The van der Waals surface area contributed by atoms with Crippen molar-refractivity contribution in [2.24, 2.45) is 0 Å². The largest absolute Gasteiger partial charge is 0.383 e. The Hall–Kier alpha value is -0.170. The second kappa shape index (κ2) is 7.21. The number of nitrogens with one attached hydrogen (secondary N) is 1. The summed E-state index contributed by atoms with van der Waals surface area (Å²) in [5.41, 5.74) is 0. The van der Waals surface area contributed by atoms with Crippen LogP contribution in [0.25, 0.3) is 0 Å². The molecule has 0 saturated carbocycles. The summed E-state index contributed by atoms with van der Waals surface area (Å²) < 4.78 is 30.8. The van der Waals surface area contributed by atoms with Gasteiger partial charge < -0.3 is 10.1 Å². The van der Waals surface area contributed by atoms with Crippen LogP contribution in [0.5, 0.6) is 0 Å². The molecule has 16 heavy (non-hydrogen) atoms. The molecule has 0 amide bonds. The van der Waals surface area contributed by atoms with Crippen LogP contribution in [0.4, 0.5) is 0 Å². The minimum Gasteiger partial charge on any atom is -0.383 e. The maximum absolute atomic E-state index is 12.2. The van der Waals surface area contributed by atoms with Crippen molar-refractivity contribution in [3.8, 4) is 0 Å². The highest BCUT2D eigenvalue weighted by Gasteiger charge is 2.29. The summed E-state index contributed by atoms with van der Waals surface area (Å²) in [4.78, 5) is 0. The number of methoxy groups -OCH3 is 1. The molecular formula is C10H24N2O3S. The highest BCUT2D eigenvalue weighted by molar-refractivity contribution is 7.89. The molecule has 0 aromatic rings. The summed E-state index contributed by atoms with van der Waals surface area (Å²) >= 11 is 0. The lowest BCUT2D eigenvalue weighted by molar-refractivity contribution is 0.170. The molecule has 98 valence electrons. The number of ether oxygens (including phenoxy) is 1. The molecule has 0 heterocycles. The van der Waals surface area contributed by atoms with E-state index in [1.807, 2.05) is 13.8 Å². The van der Waals surface area contributed by atoms with E-state index in [4.69, 9.17) is 4.74 Å². The van der Waals surface area contributed by atoms with Crippen molar-refractivity contribution in [2.45, 2.75) is 32.1 Å². The van der Waals surface area contributed by atoms with Crippen molar-refractivity contribution in [3.63, 3.8) is 0 Å². The number of nitrogens with zero attached hydrogens (tertiary/aromatic N) is 1. The van der Waals surface area contributed by atoms with Gasteiger partial charge in [-0.2, -0.15) is 4.31 Å². The fourth-order valence-electron chi connectivity index (χ4n) is 1.48. The van der Waals surface area contributed by atoms with Crippen LogP contribution in [0.1, 0.15) is 20.8 Å². The Balaban J connectivity index is 4.75. The summed E-state index contributed by atoms with van der Waals surface area (Å²) in [5.74, 6) is 0. The SMILES string of the molecule is CNCC(C)S(=O)(=O)N(CCOC)C(C)C. The molecule has 5 nitrogen and oxygen atoms in total. The first kappa shape index (κ1) is 15.8. The maximum atomic E-state index is 12.2. The molecule has 0 fully saturated rings. The number of sulfonamides is 1. The van der Waals surface area contributed by atoms with E-state index in [2.05, 4.69) is 5.32 Å². The van der Waals surface area contributed by atoms with Crippen LogP contribution < -0.4 is 5.32 Å². The highest BCUT2D eigenvalue weighted by Crippen LogP contribution is 2.12. The molecule has 0 aromatic carbocycles. The topological polar surface area (TPSA) is 58.6 Å². The molecule has 0 radical (unpaired) electrons. The van der Waals surface area contributed by atoms with Gasteiger partial charge in [0.15, 0.2) is 0 Å². The van der Waals surface area contributed by atoms with E-state index >= 15 is 0 Å². The third kappa shape index (κ3) is 4.37. The molecule has 0 saturated heterocycles. The first-order valence-electron chi connectivity index (χ1n) is 5.52. The van der Waals surface area contributed by atoms with E-state index in [1.54, 1.807) is 21.1 Å². The zero-order valence-electron chi connectivity index (χ0n) is 10.9. The van der Waals surface area contributed by atoms with Crippen LogP contribution in [0.15, 0.2) is 0 Å². The summed E-state index contributed by atoms with van der Waals surface area (Å²) in [6.07, 6.45) is 0. The molecule has 0 spiro atoms. The van der Waals surface area contributed by atoms with Gasteiger partial charge in [0.25, 0.3) is 0 Å². The summed E-state index contributed by atoms with van der Waals surface area (Å²) in [7, 11) is 0.0786. The van der Waals surface area contributed by atoms with Gasteiger partial charge in [0.1, 0.15) is 0 Å². The zero-order valence-corrected chi connectivity index (χ0v) is 11.7. The first-order chi connectivity index (χ1) is 7.37. The summed E-state index contributed by atoms with van der Waals surface area (Å²) in [5, 5.41) is 2.47. The van der Waals surface area contributed by atoms with Crippen molar-refractivity contribution >= 4 is 10.0 Å². The zero-order chi connectivity index (χ0) is 12.8. The number of rotatable bonds is 8. The normalized spacial score (nSPS) is 14.7. The predicted molar refractivity (Wildman–Crippen MR) is 66.0 cm³/mol. The molecule has 0 aliphatic rings. The maximum Gasteiger partial charge on any atom is 0.218 e. The smallest absolute Gasteiger partial charge is 0.218 e. The van der Waals surface area contributed by atoms with E-state index in [1.165, 1.54) is 4.31 Å². The molecule has 0 rings (SSSR count). The lowest BCUT2D eigenvalue weighted by atomic mass is 10.4. The number of hydrogen-bond donors (Lipinski definition) is 1. The van der Waals surface area contributed by atoms with Crippen molar-refractivity contribution in [3.05, 3.63) is 0 Å². The average Bonchev–Trinajstić information content (AvgIpc) is 2.17. The molecule has 0 aromatic heterocycles. The Morgan fingerprint density at radius 1 is 1.31 bits per heavy atom. The van der Waals surface area contributed by atoms with Gasteiger partial charge in [-0.15, -0.1) is 0 Å². The molecule has 6 heteroatoms. The van der Waals surface area contributed by atoms with E-state index in [9.17, 15) is 8.42 Å². The number of hydrogen-bond acceptors (Lipinski definition) is 4. The fraction of sp³-hybridized carbons (Fsp3) is 1.00. The second-order valence-electron chi connectivity index (χ2n) is 4.11. The highest BCUT2D eigenvalue weighted by atomic mass is 32.2. The van der Waals surface area contributed by atoms with Gasteiger partial charge in [0, 0.05) is 26.2 Å². The summed E-state index contributed by atoms with van der Waals surface area (Å²) in [6, 6.07) is -0.0422. The van der Waals surface area contributed by atoms with Crippen LogP contribution in [0.3, 0.4) is 0 Å². The molecule has 1 atom stereocenters. The van der Waals surface area contributed by atoms with Crippen LogP contribution in [-0.2, 0) is 14.8 Å². The Kier molecular flexibility index (Phi) is 7.14. The Morgan fingerprint density at radius 3 is 2.25 bits per heavy atom. The van der Waals surface area contributed by atoms with Gasteiger partial charge in [-0.05, 0) is 27.8 Å². The minimum absolute atomic E-state index is 0.0422. The predicted octanol–water partition coefficient (Wildman–Crippen LogP) is 0.281. The lowest BCUT2D eigenvalue weighted by Gasteiger charge is -2.28. The molecular weight excluding hydrogens is 228 g/mol. The van der Waals surface area contributed by atoms with E-state index in [0.717, 1.165) is 0 Å². The van der Waals surface area contributed by atoms with E-state index < -0.39 is 15.3 Å². The van der Waals surface area contributed by atoms with E-state index in [0.29, 0.717) is 19.7 Å². The first-order valence-corrected chi connectivity index (χ1v) is 7.02. The van der Waals surface area contributed by atoms with Gasteiger partial charge in [0.2, 0.25) is 10.0 Å². The van der Waals surface area contributed by atoms with Crippen LogP contribution in [-0.4, -0.2) is 57.9 Å². The van der Waals surface area contributed by atoms with Crippen LogP contribution >= 0.6 is 0 Å². The van der Waals surface area contributed by atoms with Crippen LogP contribution in [0, 0.1) is 0 Å². The monoisotopic (exact) mass is 252 g/mol. The van der Waals surface area contributed by atoms with Gasteiger partial charge >= 0.3 is 0 Å². The molecule has 0 aliphatic heterocycles. The van der Waals surface area contributed by atoms with Crippen molar-refractivity contribution in [1.82, 2.24) is 9.62 Å². The van der Waals surface area contributed by atoms with Gasteiger partial charge in [0.05, 0.1) is 11.9 Å². The van der Waals surface area contributed by atoms with E-state index in [-0.39, 0.29) is 6.04 Å². The Labute approximate surface area is 99.2 Å². The quantitative estimate of drug-likeness (QED) is 0.674.